The molecule has 0 aliphatic heterocycles. The van der Waals surface area contributed by atoms with Gasteiger partial charge in [0.25, 0.3) is 0 Å². The van der Waals surface area contributed by atoms with E-state index in [4.69, 9.17) is 4.74 Å². The van der Waals surface area contributed by atoms with Crippen LogP contribution in [0.4, 0.5) is 5.82 Å². The Balaban J connectivity index is 1.38. The molecule has 0 saturated carbocycles. The van der Waals surface area contributed by atoms with Crippen LogP contribution in [-0.4, -0.2) is 37.8 Å². The van der Waals surface area contributed by atoms with Crippen molar-refractivity contribution >= 4 is 34.1 Å². The summed E-state index contributed by atoms with van der Waals surface area (Å²) < 4.78 is 7.38. The van der Waals surface area contributed by atoms with Gasteiger partial charge in [0.05, 0.1) is 31.9 Å². The summed E-state index contributed by atoms with van der Waals surface area (Å²) in [5.41, 5.74) is 7.02. The van der Waals surface area contributed by atoms with E-state index in [1.54, 1.807) is 19.7 Å². The normalized spacial score (nSPS) is 11.4. The number of benzene rings is 2. The number of fused-ring (bicyclic) bond motifs is 2. The van der Waals surface area contributed by atoms with E-state index in [1.807, 2.05) is 53.1 Å². The van der Waals surface area contributed by atoms with E-state index in [0.717, 1.165) is 22.3 Å². The predicted octanol–water partition coefficient (Wildman–Crippen LogP) is 3.88. The topological polar surface area (TPSA) is 90.1 Å². The minimum absolute atomic E-state index is 0.534. The van der Waals surface area contributed by atoms with E-state index < -0.39 is 0 Å². The van der Waals surface area contributed by atoms with Crippen LogP contribution >= 0.6 is 0 Å². The zero-order chi connectivity index (χ0) is 21.0. The summed E-state index contributed by atoms with van der Waals surface area (Å²) in [7, 11) is 1.63. The summed E-state index contributed by atoms with van der Waals surface area (Å²) >= 11 is 0. The van der Waals surface area contributed by atoms with Crippen LogP contribution in [0.25, 0.3) is 22.1 Å². The van der Waals surface area contributed by atoms with E-state index in [-0.39, 0.29) is 0 Å². The molecular weight excluding hydrogens is 390 g/mol. The van der Waals surface area contributed by atoms with Crippen LogP contribution in [0.5, 0.6) is 5.75 Å². The quantitative estimate of drug-likeness (QED) is 0.338. The number of hydrogen-bond donors (Lipinski definition) is 1. The molecule has 0 spiro atoms. The molecule has 3 aromatic heterocycles. The van der Waals surface area contributed by atoms with E-state index in [0.29, 0.717) is 23.6 Å². The van der Waals surface area contributed by atoms with Gasteiger partial charge in [0, 0.05) is 5.39 Å². The Bertz CT molecular complexity index is 1380. The number of ether oxygens (including phenoxy) is 1. The van der Waals surface area contributed by atoms with Crippen molar-refractivity contribution in [3.8, 4) is 5.75 Å². The van der Waals surface area contributed by atoms with Gasteiger partial charge >= 0.3 is 0 Å². The van der Waals surface area contributed by atoms with Gasteiger partial charge in [-0.05, 0) is 17.7 Å². The number of imidazole rings is 1. The van der Waals surface area contributed by atoms with E-state index in [1.165, 1.54) is 11.9 Å². The molecule has 1 N–H and O–H groups in total. The second-order valence-corrected chi connectivity index (χ2v) is 6.89. The molecule has 0 fully saturated rings. The standard InChI is InChI=1S/C23H19N7O/c1-31-19-9-5-8-17-10-11-18(28-20(17)19)12-27-29-22-21-23(25-14-24-22)30(15-26-21)13-16-6-3-2-4-7-16/h2-12,14-15H,13H2,1H3,(H,24,25,29). The van der Waals surface area contributed by atoms with Gasteiger partial charge in [-0.3, -0.25) is 5.43 Å². The number of pyridine rings is 1. The molecular formula is C23H19N7O. The Kier molecular flexibility index (Phi) is 4.94. The van der Waals surface area contributed by atoms with Crippen molar-refractivity contribution in [2.24, 2.45) is 5.10 Å². The summed E-state index contributed by atoms with van der Waals surface area (Å²) in [6.45, 7) is 0.680. The maximum atomic E-state index is 5.40. The Morgan fingerprint density at radius 3 is 2.74 bits per heavy atom. The number of rotatable bonds is 6. The van der Waals surface area contributed by atoms with Crippen molar-refractivity contribution in [1.29, 1.82) is 0 Å². The number of hydrazone groups is 1. The first-order valence-corrected chi connectivity index (χ1v) is 9.74. The van der Waals surface area contributed by atoms with Crippen molar-refractivity contribution in [3.05, 3.63) is 84.6 Å². The van der Waals surface area contributed by atoms with E-state index >= 15 is 0 Å². The molecule has 152 valence electrons. The number of anilines is 1. The van der Waals surface area contributed by atoms with Gasteiger partial charge in [-0.1, -0.05) is 48.5 Å². The highest BCUT2D eigenvalue weighted by molar-refractivity contribution is 5.89. The largest absolute Gasteiger partial charge is 0.494 e. The monoisotopic (exact) mass is 409 g/mol. The molecule has 0 radical (unpaired) electrons. The Labute approximate surface area is 178 Å². The van der Waals surface area contributed by atoms with Crippen LogP contribution in [-0.2, 0) is 6.54 Å². The molecule has 0 aliphatic carbocycles. The van der Waals surface area contributed by atoms with Crippen molar-refractivity contribution in [2.75, 3.05) is 12.5 Å². The van der Waals surface area contributed by atoms with E-state index in [2.05, 4.69) is 42.6 Å². The molecule has 31 heavy (non-hydrogen) atoms. The molecule has 0 atom stereocenters. The minimum Gasteiger partial charge on any atom is -0.494 e. The average molecular weight is 409 g/mol. The van der Waals surface area contributed by atoms with Crippen molar-refractivity contribution in [1.82, 2.24) is 24.5 Å². The minimum atomic E-state index is 0.534. The molecule has 0 bridgehead atoms. The first-order valence-electron chi connectivity index (χ1n) is 9.74. The number of aromatic nitrogens is 5. The predicted molar refractivity (Wildman–Crippen MR) is 120 cm³/mol. The highest BCUT2D eigenvalue weighted by atomic mass is 16.5. The van der Waals surface area contributed by atoms with E-state index in [9.17, 15) is 0 Å². The van der Waals surface area contributed by atoms with Crippen LogP contribution in [0.2, 0.25) is 0 Å². The number of nitrogens with zero attached hydrogens (tertiary/aromatic N) is 6. The molecule has 3 heterocycles. The summed E-state index contributed by atoms with van der Waals surface area (Å²) in [4.78, 5) is 17.8. The fourth-order valence-electron chi connectivity index (χ4n) is 3.39. The number of methoxy groups -OCH3 is 1. The summed E-state index contributed by atoms with van der Waals surface area (Å²) in [5.74, 6) is 1.26. The highest BCUT2D eigenvalue weighted by Crippen LogP contribution is 2.23. The summed E-state index contributed by atoms with van der Waals surface area (Å²) in [6.07, 6.45) is 4.90. The maximum absolute atomic E-state index is 5.40. The van der Waals surface area contributed by atoms with Gasteiger partial charge in [0.1, 0.15) is 17.6 Å². The fraction of sp³-hybridized carbons (Fsp3) is 0.0870. The molecule has 8 heteroatoms. The molecule has 5 rings (SSSR count). The average Bonchev–Trinajstić information content (AvgIpc) is 3.23. The third-order valence-corrected chi connectivity index (χ3v) is 4.89. The second kappa shape index (κ2) is 8.19. The molecule has 0 saturated heterocycles. The molecule has 0 amide bonds. The van der Waals surface area contributed by atoms with Gasteiger partial charge in [-0.2, -0.15) is 5.10 Å². The highest BCUT2D eigenvalue weighted by Gasteiger charge is 2.10. The lowest BCUT2D eigenvalue weighted by atomic mass is 10.2. The van der Waals surface area contributed by atoms with Gasteiger partial charge in [-0.25, -0.2) is 19.9 Å². The third kappa shape index (κ3) is 3.78. The van der Waals surface area contributed by atoms with Crippen LogP contribution in [0, 0.1) is 0 Å². The molecule has 0 unspecified atom stereocenters. The third-order valence-electron chi connectivity index (χ3n) is 4.89. The lowest BCUT2D eigenvalue weighted by molar-refractivity contribution is 0.419. The Morgan fingerprint density at radius 1 is 0.968 bits per heavy atom. The first-order chi connectivity index (χ1) is 15.3. The number of para-hydroxylation sites is 1. The molecule has 8 nitrogen and oxygen atoms in total. The maximum Gasteiger partial charge on any atom is 0.177 e. The van der Waals surface area contributed by atoms with Crippen LogP contribution < -0.4 is 10.2 Å². The Hall–Kier alpha value is -4.33. The number of nitrogens with one attached hydrogen (secondary N) is 1. The van der Waals surface area contributed by atoms with Crippen LogP contribution in [0.15, 0.2) is 78.4 Å². The molecule has 0 aliphatic rings. The first kappa shape index (κ1) is 18.7. The fourth-order valence-corrected chi connectivity index (χ4v) is 3.39. The smallest absolute Gasteiger partial charge is 0.177 e. The zero-order valence-electron chi connectivity index (χ0n) is 16.8. The number of hydrogen-bond acceptors (Lipinski definition) is 7. The van der Waals surface area contributed by atoms with Gasteiger partial charge < -0.3 is 9.30 Å². The Morgan fingerprint density at radius 2 is 1.87 bits per heavy atom. The van der Waals surface area contributed by atoms with Crippen LogP contribution in [0.3, 0.4) is 0 Å². The molecule has 5 aromatic rings. The zero-order valence-corrected chi connectivity index (χ0v) is 16.8. The van der Waals surface area contributed by atoms with Crippen molar-refractivity contribution in [3.63, 3.8) is 0 Å². The SMILES string of the molecule is COc1cccc2ccc(C=NNc3ncnc4c3ncn4Cc3ccccc3)nc12. The van der Waals surface area contributed by atoms with Gasteiger partial charge in [0.2, 0.25) is 0 Å². The van der Waals surface area contributed by atoms with Crippen molar-refractivity contribution < 1.29 is 4.74 Å². The van der Waals surface area contributed by atoms with Crippen LogP contribution in [0.1, 0.15) is 11.3 Å². The van der Waals surface area contributed by atoms with Crippen molar-refractivity contribution in [2.45, 2.75) is 6.54 Å². The summed E-state index contributed by atoms with van der Waals surface area (Å²) in [5, 5.41) is 5.31. The second-order valence-electron chi connectivity index (χ2n) is 6.89. The molecule has 2 aromatic carbocycles. The van der Waals surface area contributed by atoms with Gasteiger partial charge in [0.15, 0.2) is 17.0 Å². The van der Waals surface area contributed by atoms with Gasteiger partial charge in [-0.15, -0.1) is 0 Å². The summed E-state index contributed by atoms with van der Waals surface area (Å²) in [6, 6.07) is 19.9. The lowest BCUT2D eigenvalue weighted by Crippen LogP contribution is -2.01. The lowest BCUT2D eigenvalue weighted by Gasteiger charge is -2.05.